The Morgan fingerprint density at radius 3 is 3.17 bits per heavy atom. The lowest BCUT2D eigenvalue weighted by atomic mass is 10.1. The van der Waals surface area contributed by atoms with Gasteiger partial charge in [-0.3, -0.25) is 0 Å². The number of H-pyrrole nitrogens is 1. The number of hydrogen-bond acceptors (Lipinski definition) is 4. The number of aromatic amines is 1. The first-order valence-electron chi connectivity index (χ1n) is 5.95. The Morgan fingerprint density at radius 1 is 1.44 bits per heavy atom. The molecule has 1 aromatic carbocycles. The predicted molar refractivity (Wildman–Crippen MR) is 67.5 cm³/mol. The second-order valence-corrected chi connectivity index (χ2v) is 4.31. The number of rotatable bonds is 3. The number of aliphatic hydroxyl groups excluding tert-OH is 1. The van der Waals surface area contributed by atoms with Gasteiger partial charge in [0.2, 0.25) is 0 Å². The van der Waals surface area contributed by atoms with E-state index >= 15 is 0 Å². The maximum absolute atomic E-state index is 9.21. The van der Waals surface area contributed by atoms with Crippen LogP contribution in [0.5, 0.6) is 5.75 Å². The largest absolute Gasteiger partial charge is 0.490 e. The summed E-state index contributed by atoms with van der Waals surface area (Å²) in [6.45, 7) is 2.33. The topological polar surface area (TPSA) is 61.4 Å². The summed E-state index contributed by atoms with van der Waals surface area (Å²) in [7, 11) is 0. The van der Waals surface area contributed by atoms with Crippen molar-refractivity contribution in [3.63, 3.8) is 0 Å². The van der Waals surface area contributed by atoms with Gasteiger partial charge >= 0.3 is 0 Å². The van der Waals surface area contributed by atoms with Crippen LogP contribution in [0.1, 0.15) is 11.3 Å². The van der Waals surface area contributed by atoms with E-state index in [1.54, 1.807) is 6.33 Å². The van der Waals surface area contributed by atoms with Crippen molar-refractivity contribution in [1.82, 2.24) is 9.97 Å². The fourth-order valence-corrected chi connectivity index (χ4v) is 2.16. The normalized spacial score (nSPS) is 14.2. The molecule has 0 spiro atoms. The van der Waals surface area contributed by atoms with Gasteiger partial charge in [-0.25, -0.2) is 4.98 Å². The summed E-state index contributed by atoms with van der Waals surface area (Å²) in [6.07, 6.45) is 3.51. The van der Waals surface area contributed by atoms with Crippen molar-refractivity contribution in [2.24, 2.45) is 0 Å². The number of benzene rings is 1. The molecule has 2 aromatic rings. The molecule has 5 nitrogen and oxygen atoms in total. The van der Waals surface area contributed by atoms with Crippen molar-refractivity contribution in [2.45, 2.75) is 13.2 Å². The van der Waals surface area contributed by atoms with E-state index in [2.05, 4.69) is 14.9 Å². The van der Waals surface area contributed by atoms with Crippen LogP contribution in [0.15, 0.2) is 30.7 Å². The Labute approximate surface area is 105 Å². The number of anilines is 1. The Balaban J connectivity index is 1.90. The van der Waals surface area contributed by atoms with Gasteiger partial charge in [-0.1, -0.05) is 6.07 Å². The lowest BCUT2D eigenvalue weighted by Gasteiger charge is -2.31. The van der Waals surface area contributed by atoms with Gasteiger partial charge in [0.05, 0.1) is 37.4 Å². The second-order valence-electron chi connectivity index (χ2n) is 4.31. The van der Waals surface area contributed by atoms with Crippen LogP contribution >= 0.6 is 0 Å². The van der Waals surface area contributed by atoms with Gasteiger partial charge in [-0.2, -0.15) is 0 Å². The Kier molecular flexibility index (Phi) is 2.90. The molecule has 2 N–H and O–H groups in total. The predicted octanol–water partition coefficient (Wildman–Crippen LogP) is 1.30. The molecule has 94 valence electrons. The van der Waals surface area contributed by atoms with E-state index in [9.17, 15) is 5.11 Å². The molecule has 0 saturated carbocycles. The third-order valence-corrected chi connectivity index (χ3v) is 3.08. The standard InChI is InChI=1S/C13H15N3O2/c17-8-10-1-2-13-12(5-10)16(3-4-18-13)7-11-6-14-9-15-11/h1-2,5-6,9,17H,3-4,7-8H2,(H,14,15). The number of nitrogens with one attached hydrogen (secondary N) is 1. The summed E-state index contributed by atoms with van der Waals surface area (Å²) in [4.78, 5) is 9.35. The molecular formula is C13H15N3O2. The zero-order chi connectivity index (χ0) is 12.4. The van der Waals surface area contributed by atoms with Crippen molar-refractivity contribution >= 4 is 5.69 Å². The first-order chi connectivity index (χ1) is 8.86. The van der Waals surface area contributed by atoms with Gasteiger partial charge in [0.1, 0.15) is 12.4 Å². The molecule has 0 aliphatic carbocycles. The Bertz CT molecular complexity index is 525. The molecule has 0 unspecified atom stereocenters. The lowest BCUT2D eigenvalue weighted by Crippen LogP contribution is -2.32. The summed E-state index contributed by atoms with van der Waals surface area (Å²) >= 11 is 0. The number of imidazole rings is 1. The number of hydrogen-bond donors (Lipinski definition) is 2. The molecule has 0 atom stereocenters. The second kappa shape index (κ2) is 4.70. The highest BCUT2D eigenvalue weighted by atomic mass is 16.5. The van der Waals surface area contributed by atoms with E-state index in [1.165, 1.54) is 0 Å². The number of aliphatic hydroxyl groups is 1. The van der Waals surface area contributed by atoms with Crippen LogP contribution in [0.4, 0.5) is 5.69 Å². The van der Waals surface area contributed by atoms with Crippen molar-refractivity contribution < 1.29 is 9.84 Å². The maximum atomic E-state index is 9.21. The SMILES string of the molecule is OCc1ccc2c(c1)N(Cc1cnc[nH]1)CCO2. The average Bonchev–Trinajstić information content (AvgIpc) is 2.91. The van der Waals surface area contributed by atoms with Crippen molar-refractivity contribution in [1.29, 1.82) is 0 Å². The quantitative estimate of drug-likeness (QED) is 0.855. The third-order valence-electron chi connectivity index (χ3n) is 3.08. The summed E-state index contributed by atoms with van der Waals surface area (Å²) in [5, 5.41) is 9.21. The molecule has 18 heavy (non-hydrogen) atoms. The van der Waals surface area contributed by atoms with Crippen LogP contribution in [0.2, 0.25) is 0 Å². The molecule has 0 saturated heterocycles. The van der Waals surface area contributed by atoms with Crippen molar-refractivity contribution in [3.05, 3.63) is 42.0 Å². The van der Waals surface area contributed by atoms with Gasteiger partial charge in [0.15, 0.2) is 0 Å². The lowest BCUT2D eigenvalue weighted by molar-refractivity contribution is 0.280. The molecule has 0 radical (unpaired) electrons. The molecule has 5 heteroatoms. The molecule has 2 heterocycles. The summed E-state index contributed by atoms with van der Waals surface area (Å²) in [5.74, 6) is 0.873. The van der Waals surface area contributed by atoms with Gasteiger partial charge in [0.25, 0.3) is 0 Å². The number of ether oxygens (including phenoxy) is 1. The third kappa shape index (κ3) is 2.04. The molecule has 1 aliphatic heterocycles. The molecule has 0 amide bonds. The maximum Gasteiger partial charge on any atom is 0.142 e. The summed E-state index contributed by atoms with van der Waals surface area (Å²) < 4.78 is 5.62. The minimum absolute atomic E-state index is 0.0468. The fraction of sp³-hybridized carbons (Fsp3) is 0.308. The van der Waals surface area contributed by atoms with Gasteiger partial charge in [-0.15, -0.1) is 0 Å². The van der Waals surface area contributed by atoms with Crippen LogP contribution in [0.3, 0.4) is 0 Å². The van der Waals surface area contributed by atoms with E-state index in [1.807, 2.05) is 24.4 Å². The van der Waals surface area contributed by atoms with E-state index in [0.717, 1.165) is 35.8 Å². The van der Waals surface area contributed by atoms with Crippen LogP contribution < -0.4 is 9.64 Å². The van der Waals surface area contributed by atoms with Crippen LogP contribution in [-0.4, -0.2) is 28.2 Å². The zero-order valence-electron chi connectivity index (χ0n) is 9.97. The van der Waals surface area contributed by atoms with E-state index in [0.29, 0.717) is 6.61 Å². The Morgan fingerprint density at radius 2 is 2.39 bits per heavy atom. The van der Waals surface area contributed by atoms with Crippen LogP contribution in [-0.2, 0) is 13.2 Å². The summed E-state index contributed by atoms with van der Waals surface area (Å²) in [6, 6.07) is 5.78. The molecule has 3 rings (SSSR count). The number of aromatic nitrogens is 2. The van der Waals surface area contributed by atoms with Gasteiger partial charge in [0, 0.05) is 6.20 Å². The molecule has 0 bridgehead atoms. The summed E-state index contributed by atoms with van der Waals surface area (Å²) in [5.41, 5.74) is 2.99. The number of nitrogens with zero attached hydrogens (tertiary/aromatic N) is 2. The monoisotopic (exact) mass is 245 g/mol. The highest BCUT2D eigenvalue weighted by molar-refractivity contribution is 5.61. The van der Waals surface area contributed by atoms with Crippen LogP contribution in [0, 0.1) is 0 Å². The molecule has 0 fully saturated rings. The van der Waals surface area contributed by atoms with E-state index in [-0.39, 0.29) is 6.61 Å². The van der Waals surface area contributed by atoms with Crippen molar-refractivity contribution in [3.8, 4) is 5.75 Å². The highest BCUT2D eigenvalue weighted by Crippen LogP contribution is 2.33. The first-order valence-corrected chi connectivity index (χ1v) is 5.95. The highest BCUT2D eigenvalue weighted by Gasteiger charge is 2.18. The molecule has 1 aliphatic rings. The first kappa shape index (κ1) is 11.1. The smallest absolute Gasteiger partial charge is 0.142 e. The van der Waals surface area contributed by atoms with Crippen LogP contribution in [0.25, 0.3) is 0 Å². The molecule has 1 aromatic heterocycles. The fourth-order valence-electron chi connectivity index (χ4n) is 2.16. The average molecular weight is 245 g/mol. The van der Waals surface area contributed by atoms with Gasteiger partial charge < -0.3 is 19.7 Å². The zero-order valence-corrected chi connectivity index (χ0v) is 9.97. The Hall–Kier alpha value is -2.01. The molecular weight excluding hydrogens is 230 g/mol. The number of fused-ring (bicyclic) bond motifs is 1. The van der Waals surface area contributed by atoms with Gasteiger partial charge in [-0.05, 0) is 17.7 Å². The minimum Gasteiger partial charge on any atom is -0.490 e. The van der Waals surface area contributed by atoms with E-state index in [4.69, 9.17) is 4.74 Å². The van der Waals surface area contributed by atoms with Crippen molar-refractivity contribution in [2.75, 3.05) is 18.1 Å². The minimum atomic E-state index is 0.0468. The van der Waals surface area contributed by atoms with E-state index < -0.39 is 0 Å².